The number of benzene rings is 2. The number of carbonyl (C=O) groups is 1. The van der Waals surface area contributed by atoms with Crippen LogP contribution in [0.15, 0.2) is 54.7 Å². The molecule has 0 spiro atoms. The minimum atomic E-state index is -4.35. The zero-order valence-electron chi connectivity index (χ0n) is 16.2. The first-order chi connectivity index (χ1) is 14.4. The maximum Gasteiger partial charge on any atom is 0.419 e. The van der Waals surface area contributed by atoms with Crippen molar-refractivity contribution in [3.8, 4) is 0 Å². The van der Waals surface area contributed by atoms with Crippen LogP contribution in [0.5, 0.6) is 0 Å². The summed E-state index contributed by atoms with van der Waals surface area (Å²) in [4.78, 5) is 20.9. The number of halogens is 3. The molecule has 0 atom stereocenters. The van der Waals surface area contributed by atoms with E-state index in [0.29, 0.717) is 25.6 Å². The van der Waals surface area contributed by atoms with Crippen molar-refractivity contribution in [2.75, 3.05) is 42.6 Å². The number of pyridine rings is 1. The van der Waals surface area contributed by atoms with E-state index in [1.54, 1.807) is 0 Å². The normalized spacial score (nSPS) is 17.2. The number of hydrogen-bond donors (Lipinski definition) is 1. The Hall–Kier alpha value is -3.13. The molecule has 154 valence electrons. The van der Waals surface area contributed by atoms with Gasteiger partial charge in [-0.3, -0.25) is 14.6 Å². The lowest BCUT2D eigenvalue weighted by Gasteiger charge is -2.31. The van der Waals surface area contributed by atoms with Crippen molar-refractivity contribution in [2.45, 2.75) is 6.18 Å². The summed E-state index contributed by atoms with van der Waals surface area (Å²) >= 11 is 0. The molecule has 0 unspecified atom stereocenters. The van der Waals surface area contributed by atoms with Gasteiger partial charge in [-0.15, -0.1) is 0 Å². The summed E-state index contributed by atoms with van der Waals surface area (Å²) in [5, 5.41) is 2.08. The SMILES string of the molecule is O=C1c2cccc3cccc(c23)N1C[NH+]1CCN(c2ccc(C(F)(F)F)c[nH+]2)CC1. The van der Waals surface area contributed by atoms with Gasteiger partial charge in [0.1, 0.15) is 32.4 Å². The van der Waals surface area contributed by atoms with Gasteiger partial charge < -0.3 is 4.90 Å². The van der Waals surface area contributed by atoms with Crippen LogP contribution >= 0.6 is 0 Å². The van der Waals surface area contributed by atoms with Crippen molar-refractivity contribution < 1.29 is 27.8 Å². The molecule has 1 fully saturated rings. The summed E-state index contributed by atoms with van der Waals surface area (Å²) in [6, 6.07) is 14.4. The molecule has 1 aromatic heterocycles. The molecule has 8 heteroatoms. The molecule has 3 aromatic rings. The third-order valence-corrected chi connectivity index (χ3v) is 5.97. The van der Waals surface area contributed by atoms with Crippen LogP contribution in [0.2, 0.25) is 0 Å². The number of nitrogens with zero attached hydrogens (tertiary/aromatic N) is 2. The molecule has 2 aliphatic heterocycles. The van der Waals surface area contributed by atoms with Crippen LogP contribution in [0, 0.1) is 0 Å². The topological polar surface area (TPSA) is 42.1 Å². The van der Waals surface area contributed by atoms with Crippen LogP contribution in [0.1, 0.15) is 15.9 Å². The average molecular weight is 414 g/mol. The van der Waals surface area contributed by atoms with Crippen LogP contribution in [-0.2, 0) is 6.18 Å². The highest BCUT2D eigenvalue weighted by Gasteiger charge is 2.35. The number of amides is 1. The zero-order chi connectivity index (χ0) is 20.9. The Morgan fingerprint density at radius 1 is 1.00 bits per heavy atom. The highest BCUT2D eigenvalue weighted by atomic mass is 19.4. The molecule has 1 saturated heterocycles. The highest BCUT2D eigenvalue weighted by Crippen LogP contribution is 2.36. The van der Waals surface area contributed by atoms with Crippen molar-refractivity contribution in [3.05, 3.63) is 65.9 Å². The highest BCUT2D eigenvalue weighted by molar-refractivity contribution is 6.24. The molecule has 2 aliphatic rings. The maximum absolute atomic E-state index is 13.0. The van der Waals surface area contributed by atoms with Crippen molar-refractivity contribution >= 4 is 28.2 Å². The molecule has 0 saturated carbocycles. The zero-order valence-corrected chi connectivity index (χ0v) is 16.2. The van der Waals surface area contributed by atoms with Crippen LogP contribution < -0.4 is 19.7 Å². The lowest BCUT2D eigenvalue weighted by molar-refractivity contribution is -0.899. The molecule has 0 aliphatic carbocycles. The maximum atomic E-state index is 13.0. The fourth-order valence-electron chi connectivity index (χ4n) is 4.37. The predicted molar refractivity (Wildman–Crippen MR) is 107 cm³/mol. The molecule has 5 rings (SSSR count). The molecule has 2 aromatic carbocycles. The standard InChI is InChI=1S/C22H19F3N4O/c23-22(24,25)16-7-8-19(26-13-16)28-11-9-27(10-12-28)14-29-18-6-2-4-15-3-1-5-17(20(15)18)21(29)30/h1-8,13H,9-12,14H2/p+2. The van der Waals surface area contributed by atoms with E-state index in [1.165, 1.54) is 11.0 Å². The molecule has 3 heterocycles. The third kappa shape index (κ3) is 3.17. The second-order valence-electron chi connectivity index (χ2n) is 7.77. The number of alkyl halides is 3. The average Bonchev–Trinajstić information content (AvgIpc) is 3.02. The summed E-state index contributed by atoms with van der Waals surface area (Å²) < 4.78 is 38.2. The molecular weight excluding hydrogens is 393 g/mol. The van der Waals surface area contributed by atoms with Gasteiger partial charge in [0.15, 0.2) is 6.67 Å². The fourth-order valence-corrected chi connectivity index (χ4v) is 4.37. The number of aromatic nitrogens is 1. The number of nitrogens with one attached hydrogen (secondary N) is 2. The van der Waals surface area contributed by atoms with E-state index in [9.17, 15) is 18.0 Å². The molecule has 30 heavy (non-hydrogen) atoms. The van der Waals surface area contributed by atoms with Crippen LogP contribution in [0.4, 0.5) is 24.7 Å². The van der Waals surface area contributed by atoms with E-state index in [1.807, 2.05) is 46.2 Å². The predicted octanol–water partition coefficient (Wildman–Crippen LogP) is 2.00. The van der Waals surface area contributed by atoms with E-state index in [4.69, 9.17) is 0 Å². The Labute approximate surface area is 171 Å². The Balaban J connectivity index is 1.26. The van der Waals surface area contributed by atoms with E-state index < -0.39 is 11.7 Å². The molecule has 0 radical (unpaired) electrons. The van der Waals surface area contributed by atoms with Crippen LogP contribution in [0.3, 0.4) is 0 Å². The summed E-state index contributed by atoms with van der Waals surface area (Å²) in [5.74, 6) is 0.712. The Morgan fingerprint density at radius 3 is 2.40 bits per heavy atom. The molecule has 0 bridgehead atoms. The first-order valence-electron chi connectivity index (χ1n) is 9.93. The van der Waals surface area contributed by atoms with Crippen molar-refractivity contribution in [1.29, 1.82) is 0 Å². The van der Waals surface area contributed by atoms with E-state index in [0.717, 1.165) is 47.4 Å². The minimum Gasteiger partial charge on any atom is -0.311 e. The number of aromatic amines is 1. The quantitative estimate of drug-likeness (QED) is 0.713. The number of hydrogen-bond acceptors (Lipinski definition) is 2. The van der Waals surface area contributed by atoms with Crippen LogP contribution in [0.25, 0.3) is 10.8 Å². The lowest BCUT2D eigenvalue weighted by Crippen LogP contribution is -3.16. The second-order valence-corrected chi connectivity index (χ2v) is 7.77. The van der Waals surface area contributed by atoms with Gasteiger partial charge >= 0.3 is 6.18 Å². The van der Waals surface area contributed by atoms with Gasteiger partial charge in [0.25, 0.3) is 11.7 Å². The number of H-pyrrole nitrogens is 1. The number of anilines is 2. The van der Waals surface area contributed by atoms with Crippen molar-refractivity contribution in [3.63, 3.8) is 0 Å². The van der Waals surface area contributed by atoms with Gasteiger partial charge in [0, 0.05) is 11.5 Å². The first kappa shape index (κ1) is 18.9. The molecule has 1 amide bonds. The first-order valence-corrected chi connectivity index (χ1v) is 9.93. The van der Waals surface area contributed by atoms with E-state index in [-0.39, 0.29) is 5.91 Å². The van der Waals surface area contributed by atoms with E-state index >= 15 is 0 Å². The smallest absolute Gasteiger partial charge is 0.311 e. The molecular formula is C22H21F3N4O+2. The summed E-state index contributed by atoms with van der Waals surface area (Å²) in [7, 11) is 0. The third-order valence-electron chi connectivity index (χ3n) is 5.97. The van der Waals surface area contributed by atoms with Gasteiger partial charge in [-0.1, -0.05) is 24.3 Å². The lowest BCUT2D eigenvalue weighted by atomic mass is 10.1. The Morgan fingerprint density at radius 2 is 1.73 bits per heavy atom. The van der Waals surface area contributed by atoms with Gasteiger partial charge in [-0.2, -0.15) is 13.2 Å². The molecule has 2 N–H and O–H groups in total. The van der Waals surface area contributed by atoms with Gasteiger partial charge in [-0.05, 0) is 23.6 Å². The Kier molecular flexibility index (Phi) is 4.39. The Bertz CT molecular complexity index is 1100. The number of carbonyl (C=O) groups excluding carboxylic acids is 1. The number of quaternary nitrogens is 1. The minimum absolute atomic E-state index is 0.0350. The van der Waals surface area contributed by atoms with Crippen LogP contribution in [-0.4, -0.2) is 38.8 Å². The van der Waals surface area contributed by atoms with Gasteiger partial charge in [0.2, 0.25) is 0 Å². The molecule has 5 nitrogen and oxygen atoms in total. The van der Waals surface area contributed by atoms with Gasteiger partial charge in [-0.25, -0.2) is 4.98 Å². The summed E-state index contributed by atoms with van der Waals surface area (Å²) in [5.41, 5.74) is 1.02. The van der Waals surface area contributed by atoms with Gasteiger partial charge in [0.05, 0.1) is 16.8 Å². The summed E-state index contributed by atoms with van der Waals surface area (Å²) in [6.45, 7) is 3.58. The fraction of sp³-hybridized carbons (Fsp3) is 0.273. The van der Waals surface area contributed by atoms with Crippen molar-refractivity contribution in [1.82, 2.24) is 0 Å². The largest absolute Gasteiger partial charge is 0.419 e. The number of rotatable bonds is 3. The number of piperazine rings is 1. The second kappa shape index (κ2) is 6.98. The van der Waals surface area contributed by atoms with Crippen molar-refractivity contribution in [2.24, 2.45) is 0 Å². The monoisotopic (exact) mass is 414 g/mol. The summed E-state index contributed by atoms with van der Waals surface area (Å²) in [6.07, 6.45) is -3.34. The van der Waals surface area contributed by atoms with E-state index in [2.05, 4.69) is 4.98 Å².